The van der Waals surface area contributed by atoms with Gasteiger partial charge in [0.1, 0.15) is 54.1 Å². The summed E-state index contributed by atoms with van der Waals surface area (Å²) in [4.78, 5) is 197. The van der Waals surface area contributed by atoms with Crippen molar-refractivity contribution >= 4 is 94.6 Å². The van der Waals surface area contributed by atoms with Crippen LogP contribution >= 0.6 is 0 Å². The Morgan fingerprint density at radius 2 is 1.23 bits per heavy atom. The number of nitrogens with two attached hydrogens (primary N) is 3. The number of aliphatic carboxylic acids is 1. The molecule has 1 fully saturated rings. The summed E-state index contributed by atoms with van der Waals surface area (Å²) in [7, 11) is 1.44. The number of nitrogens with zero attached hydrogens (tertiary/aromatic N) is 1. The van der Waals surface area contributed by atoms with Gasteiger partial charge in [-0.15, -0.1) is 0 Å². The minimum Gasteiger partial charge on any atom is -0.497 e. The molecular weight excluding hydrogens is 1430 g/mol. The predicted molar refractivity (Wildman–Crippen MR) is 381 cm³/mol. The first-order valence-corrected chi connectivity index (χ1v) is 34.6. The number of cyclic esters (lactones) is 1. The molecular formula is C68H105F3N16O21. The van der Waals surface area contributed by atoms with Crippen molar-refractivity contribution in [1.82, 2.24) is 58.5 Å². The number of carbonyl (C=O) groups excluding carboxylic acids is 13. The second kappa shape index (κ2) is 45.4. The highest BCUT2D eigenvalue weighted by atomic mass is 19.4. The Morgan fingerprint density at radius 1 is 0.676 bits per heavy atom. The lowest BCUT2D eigenvalue weighted by molar-refractivity contribution is -0.192. The van der Waals surface area contributed by atoms with Crippen LogP contribution < -0.4 is 85.7 Å². The molecule has 0 bridgehead atoms. The fourth-order valence-electron chi connectivity index (χ4n) is 10.3. The number of alkyl halides is 3. The van der Waals surface area contributed by atoms with E-state index in [1.165, 1.54) is 51.3 Å². The number of aliphatic hydroxyl groups is 4. The number of hydrogen-bond acceptors (Lipinski definition) is 22. The summed E-state index contributed by atoms with van der Waals surface area (Å²) in [5.74, 6) is -20.1. The number of ether oxygens (including phenoxy) is 2. The monoisotopic (exact) mass is 1540 g/mol. The minimum absolute atomic E-state index is 0.0688. The van der Waals surface area contributed by atoms with Gasteiger partial charge in [0.2, 0.25) is 65.0 Å². The fraction of sp³-hybridized carbons (Fsp3) is 0.603. The number of halogens is 3. The van der Waals surface area contributed by atoms with Crippen LogP contribution in [0.5, 0.6) is 5.75 Å². The first-order chi connectivity index (χ1) is 50.4. The van der Waals surface area contributed by atoms with E-state index in [1.54, 1.807) is 65.8 Å². The normalized spacial score (nSPS) is 22.6. The van der Waals surface area contributed by atoms with Gasteiger partial charge in [0.25, 0.3) is 0 Å². The van der Waals surface area contributed by atoms with Crippen molar-refractivity contribution < 1.29 is 115 Å². The molecule has 0 aromatic heterocycles. The number of amides is 13. The number of guanidine groups is 1. The minimum atomic E-state index is -5.08. The summed E-state index contributed by atoms with van der Waals surface area (Å²) in [6, 6.07) is -5.55. The van der Waals surface area contributed by atoms with Crippen molar-refractivity contribution in [1.29, 1.82) is 0 Å². The number of rotatable bonds is 25. The Kier molecular flexibility index (Phi) is 39.4. The lowest BCUT2D eigenvalue weighted by Crippen LogP contribution is -2.64. The van der Waals surface area contributed by atoms with Gasteiger partial charge in [0, 0.05) is 18.3 Å². The Labute approximate surface area is 621 Å². The molecule has 23 N–H and O–H groups in total. The number of carboxylic acid groups (broad SMARTS) is 1. The van der Waals surface area contributed by atoms with E-state index in [9.17, 15) is 86.3 Å². The molecule has 15 atom stereocenters. The van der Waals surface area contributed by atoms with Crippen LogP contribution in [0, 0.1) is 29.6 Å². The SMILES string of the molecule is CC[C@H](C)[C@@H]1NC(=O)[C@@H](CCCN=C(N)NC(=O)Nc2cccc(OC)c2)NC(=O)[C@H](CC(C)C)NC(=O)[C@H]([C@H](O)C(C)C)NC(=O)[C@@H](NC(=O)[C@H](CC(C)C)NC(=O)[C@H](N)CC(C)C)[C@@H](c2ccccc2)OC(=O)[C@H](CO)NC(=O)[C@H]([C@H](O)C(N)=O)NC(=O)CNC(=O)[C@H]([C@H](C)O)NC1=O.O=C(O)C(F)(F)F. The molecule has 2 aromatic rings. The number of aliphatic hydroxyl groups excluding tert-OH is 4. The summed E-state index contributed by atoms with van der Waals surface area (Å²) >= 11 is 0. The molecule has 0 spiro atoms. The summed E-state index contributed by atoms with van der Waals surface area (Å²) in [6.45, 7) is 15.0. The maximum atomic E-state index is 15.5. The zero-order chi connectivity index (χ0) is 82.2. The number of nitrogens with one attached hydrogen (secondary N) is 12. The maximum Gasteiger partial charge on any atom is 0.490 e. The highest BCUT2D eigenvalue weighted by molar-refractivity contribution is 6.03. The standard InChI is InChI=1S/C66H104N16O19.C2HF3O2/c1-13-35(10)46-60(94)79-47(36(11)84)59(93)71-29-45(85)77-49(52(87)54(68)88)62(96)76-44(30-83)64(98)101-53(37-19-15-14-16-20-37)50(81-58(92)43(27-33(6)7)74-55(89)40(67)25-31(2)3)63(97)80-48(51(86)34(8)9)61(95)75-42(26-32(4)5)57(91)73-41(56(90)78-46)23-18-24-70-65(69)82-66(99)72-38-21-17-22-39(28-38)100-12;3-2(4,5)1(6)7/h14-17,19-22,28,31-36,40-44,46-53,83-84,86-87H,13,18,23-27,29-30,67H2,1-12H3,(H2,68,88)(H,71,93)(H,73,91)(H,74,89)(H,75,95)(H,76,96)(H,77,85)(H,78,90)(H,79,94)(H,80,97)(H,81,92)(H4,69,70,72,82,99);(H,6,7)/t35-,36-,40+,41+,42-,43-,44-,46-,47-,48-,49-,50-,51+,52-,53+;/m0./s1. The summed E-state index contributed by atoms with van der Waals surface area (Å²) in [6.07, 6.45) is -13.6. The van der Waals surface area contributed by atoms with Gasteiger partial charge in [0.15, 0.2) is 24.2 Å². The zero-order valence-electron chi connectivity index (χ0n) is 62.1. The third kappa shape index (κ3) is 32.0. The van der Waals surface area contributed by atoms with Gasteiger partial charge >= 0.3 is 24.1 Å². The predicted octanol–water partition coefficient (Wildman–Crippen LogP) is -2.93. The van der Waals surface area contributed by atoms with E-state index in [0.717, 1.165) is 6.92 Å². The third-order valence-electron chi connectivity index (χ3n) is 16.2. The molecule has 40 heteroatoms. The number of aliphatic imine (C=N–C) groups is 1. The number of hydrogen-bond donors (Lipinski definition) is 20. The first-order valence-electron chi connectivity index (χ1n) is 34.6. The van der Waals surface area contributed by atoms with Crippen molar-refractivity contribution in [3.8, 4) is 5.75 Å². The van der Waals surface area contributed by atoms with E-state index in [1.807, 2.05) is 24.5 Å². The van der Waals surface area contributed by atoms with Crippen LogP contribution in [0.3, 0.4) is 0 Å². The number of carbonyl (C=O) groups is 14. The average Bonchev–Trinajstić information content (AvgIpc) is 0.807. The Hall–Kier alpha value is -10.3. The highest BCUT2D eigenvalue weighted by Crippen LogP contribution is 2.25. The van der Waals surface area contributed by atoms with Crippen LogP contribution in [0.25, 0.3) is 0 Å². The number of methoxy groups -OCH3 is 1. The van der Waals surface area contributed by atoms with Gasteiger partial charge in [-0.25, -0.2) is 14.4 Å². The number of urea groups is 1. The molecule has 1 aliphatic rings. The van der Waals surface area contributed by atoms with E-state index in [4.69, 9.17) is 36.6 Å². The van der Waals surface area contributed by atoms with Crippen molar-refractivity contribution in [2.75, 3.05) is 32.1 Å². The molecule has 0 saturated carbocycles. The van der Waals surface area contributed by atoms with E-state index < -0.39 is 205 Å². The highest BCUT2D eigenvalue weighted by Gasteiger charge is 2.44. The van der Waals surface area contributed by atoms with Crippen molar-refractivity contribution in [2.24, 2.45) is 51.8 Å². The van der Waals surface area contributed by atoms with Gasteiger partial charge in [-0.2, -0.15) is 13.2 Å². The van der Waals surface area contributed by atoms with E-state index in [-0.39, 0.29) is 68.4 Å². The van der Waals surface area contributed by atoms with Crippen LogP contribution in [0.15, 0.2) is 59.6 Å². The van der Waals surface area contributed by atoms with E-state index in [0.29, 0.717) is 11.4 Å². The Balaban J connectivity index is 0.00000537. The molecule has 0 unspecified atom stereocenters. The molecule has 1 saturated heterocycles. The molecule has 108 heavy (non-hydrogen) atoms. The average molecular weight is 1540 g/mol. The first kappa shape index (κ1) is 93.8. The molecule has 13 amide bonds. The molecule has 604 valence electrons. The Morgan fingerprint density at radius 3 is 1.77 bits per heavy atom. The molecule has 37 nitrogen and oxygen atoms in total. The number of anilines is 1. The van der Waals surface area contributed by atoms with Crippen molar-refractivity contribution in [3.05, 3.63) is 60.2 Å². The van der Waals surface area contributed by atoms with Crippen molar-refractivity contribution in [3.63, 3.8) is 0 Å². The van der Waals surface area contributed by atoms with Crippen LogP contribution in [0.4, 0.5) is 23.7 Å². The van der Waals surface area contributed by atoms with Gasteiger partial charge < -0.3 is 111 Å². The number of esters is 1. The molecule has 1 heterocycles. The Bertz CT molecular complexity index is 3420. The van der Waals surface area contributed by atoms with Crippen LogP contribution in [0.2, 0.25) is 0 Å². The van der Waals surface area contributed by atoms with E-state index in [2.05, 4.69) is 58.2 Å². The van der Waals surface area contributed by atoms with Gasteiger partial charge in [0.05, 0.1) is 38.5 Å². The second-order valence-corrected chi connectivity index (χ2v) is 27.1. The summed E-state index contributed by atoms with van der Waals surface area (Å²) < 4.78 is 42.9. The van der Waals surface area contributed by atoms with Crippen LogP contribution in [-0.4, -0.2) is 226 Å². The number of primary amides is 1. The van der Waals surface area contributed by atoms with Gasteiger partial charge in [-0.05, 0) is 86.3 Å². The lowest BCUT2D eigenvalue weighted by atomic mass is 9.95. The van der Waals surface area contributed by atoms with Crippen LogP contribution in [0.1, 0.15) is 126 Å². The smallest absolute Gasteiger partial charge is 0.490 e. The molecule has 0 aliphatic carbocycles. The van der Waals surface area contributed by atoms with Gasteiger partial charge in [-0.1, -0.05) is 112 Å². The second-order valence-electron chi connectivity index (χ2n) is 27.1. The van der Waals surface area contributed by atoms with Crippen LogP contribution in [-0.2, 0) is 67.1 Å². The summed E-state index contributed by atoms with van der Waals surface area (Å²) in [5.41, 5.74) is 17.9. The molecule has 3 rings (SSSR count). The molecule has 1 aliphatic heterocycles. The largest absolute Gasteiger partial charge is 0.497 e. The number of benzene rings is 2. The quantitative estimate of drug-likeness (QED) is 0.0205. The summed E-state index contributed by atoms with van der Waals surface area (Å²) in [5, 5.41) is 80.5. The lowest BCUT2D eigenvalue weighted by Gasteiger charge is -2.34. The topological polar surface area (TPSA) is 593 Å². The molecule has 2 aromatic carbocycles. The molecule has 0 radical (unpaired) electrons. The number of carboxylic acids is 1. The van der Waals surface area contributed by atoms with Crippen molar-refractivity contribution in [2.45, 2.75) is 206 Å². The van der Waals surface area contributed by atoms with Gasteiger partial charge in [-0.3, -0.25) is 63.0 Å². The third-order valence-corrected chi connectivity index (χ3v) is 16.2. The zero-order valence-corrected chi connectivity index (χ0v) is 62.1. The van der Waals surface area contributed by atoms with E-state index >= 15 is 9.59 Å². The fourth-order valence-corrected chi connectivity index (χ4v) is 10.3. The maximum absolute atomic E-state index is 15.5.